The number of fused-ring (bicyclic) bond motifs is 3. The number of benzene rings is 2. The van der Waals surface area contributed by atoms with Crippen molar-refractivity contribution in [2.24, 2.45) is 0 Å². The summed E-state index contributed by atoms with van der Waals surface area (Å²) in [7, 11) is 0. The van der Waals surface area contributed by atoms with Gasteiger partial charge in [-0.15, -0.1) is 10.2 Å². The van der Waals surface area contributed by atoms with E-state index in [-0.39, 0.29) is 5.56 Å². The van der Waals surface area contributed by atoms with Crippen LogP contribution in [-0.2, 0) is 0 Å². The Balaban J connectivity index is 2.23. The van der Waals surface area contributed by atoms with E-state index in [4.69, 9.17) is 0 Å². The molecule has 5 heteroatoms. The van der Waals surface area contributed by atoms with Crippen LogP contribution in [0.1, 0.15) is 11.1 Å². The van der Waals surface area contributed by atoms with Gasteiger partial charge in [-0.3, -0.25) is 9.20 Å². The molecule has 0 amide bonds. The number of para-hydroxylation sites is 1. The Hall–Kier alpha value is -2.95. The van der Waals surface area contributed by atoms with Crippen LogP contribution < -0.4 is 5.56 Å². The zero-order valence-corrected chi connectivity index (χ0v) is 12.3. The van der Waals surface area contributed by atoms with Gasteiger partial charge >= 0.3 is 0 Å². The summed E-state index contributed by atoms with van der Waals surface area (Å²) in [6.07, 6.45) is 1.64. The summed E-state index contributed by atoms with van der Waals surface area (Å²) in [4.78, 5) is 12.9. The Labute approximate surface area is 126 Å². The van der Waals surface area contributed by atoms with Crippen molar-refractivity contribution in [3.8, 4) is 5.69 Å². The minimum atomic E-state index is -0.0823. The fraction of sp³-hybridized carbons (Fsp3) is 0.118. The van der Waals surface area contributed by atoms with Gasteiger partial charge in [0, 0.05) is 0 Å². The lowest BCUT2D eigenvalue weighted by molar-refractivity contribution is 0.963. The summed E-state index contributed by atoms with van der Waals surface area (Å²) >= 11 is 0. The predicted octanol–water partition coefficient (Wildman–Crippen LogP) is 2.65. The van der Waals surface area contributed by atoms with Gasteiger partial charge in [-0.05, 0) is 49.2 Å². The van der Waals surface area contributed by atoms with E-state index in [2.05, 4.69) is 16.3 Å². The second-order valence-corrected chi connectivity index (χ2v) is 5.50. The standard InChI is InChI=1S/C17H14N4O/c1-11-7-12(2)9-13(8-11)21-16(22)14-5-3-4-6-15(14)20-10-18-19-17(20)21/h3-10H,1-2H3. The highest BCUT2D eigenvalue weighted by atomic mass is 16.1. The first-order valence-electron chi connectivity index (χ1n) is 7.07. The van der Waals surface area contributed by atoms with Gasteiger partial charge in [0.25, 0.3) is 5.56 Å². The first kappa shape index (κ1) is 12.8. The molecule has 0 atom stereocenters. The first-order chi connectivity index (χ1) is 10.6. The molecule has 0 spiro atoms. The number of nitrogens with zero attached hydrogens (tertiary/aromatic N) is 4. The van der Waals surface area contributed by atoms with E-state index in [1.54, 1.807) is 10.9 Å². The predicted molar refractivity (Wildman–Crippen MR) is 85.6 cm³/mol. The van der Waals surface area contributed by atoms with Gasteiger partial charge in [0.1, 0.15) is 6.33 Å². The zero-order valence-electron chi connectivity index (χ0n) is 12.3. The second-order valence-electron chi connectivity index (χ2n) is 5.50. The highest BCUT2D eigenvalue weighted by Gasteiger charge is 2.13. The van der Waals surface area contributed by atoms with Crippen LogP contribution in [0.3, 0.4) is 0 Å². The minimum absolute atomic E-state index is 0.0823. The number of hydrogen-bond acceptors (Lipinski definition) is 3. The lowest BCUT2D eigenvalue weighted by Crippen LogP contribution is -2.21. The number of hydrogen-bond donors (Lipinski definition) is 0. The molecule has 0 radical (unpaired) electrons. The largest absolute Gasteiger partial charge is 0.268 e. The average Bonchev–Trinajstić information content (AvgIpc) is 2.96. The van der Waals surface area contributed by atoms with Crippen LogP contribution in [-0.4, -0.2) is 19.2 Å². The van der Waals surface area contributed by atoms with Gasteiger partial charge in [-0.2, -0.15) is 0 Å². The first-order valence-corrected chi connectivity index (χ1v) is 7.07. The van der Waals surface area contributed by atoms with Gasteiger partial charge in [0.05, 0.1) is 16.6 Å². The topological polar surface area (TPSA) is 52.2 Å². The summed E-state index contributed by atoms with van der Waals surface area (Å²) in [6.45, 7) is 4.03. The van der Waals surface area contributed by atoms with Crippen molar-refractivity contribution in [3.05, 3.63) is 70.3 Å². The molecule has 0 N–H and O–H groups in total. The summed E-state index contributed by atoms with van der Waals surface area (Å²) in [5, 5.41) is 8.77. The minimum Gasteiger partial charge on any atom is -0.268 e. The van der Waals surface area contributed by atoms with Crippen LogP contribution in [0.25, 0.3) is 22.4 Å². The molecule has 0 aliphatic heterocycles. The molecule has 0 aliphatic rings. The Morgan fingerprint density at radius 1 is 1.00 bits per heavy atom. The van der Waals surface area contributed by atoms with Gasteiger partial charge in [-0.1, -0.05) is 18.2 Å². The van der Waals surface area contributed by atoms with Crippen LogP contribution in [0, 0.1) is 13.8 Å². The van der Waals surface area contributed by atoms with Crippen LogP contribution in [0.15, 0.2) is 53.6 Å². The number of aryl methyl sites for hydroxylation is 2. The third-order valence-electron chi connectivity index (χ3n) is 3.79. The molecule has 4 aromatic rings. The molecule has 108 valence electrons. The van der Waals surface area contributed by atoms with Gasteiger partial charge in [0.15, 0.2) is 0 Å². The Kier molecular flexibility index (Phi) is 2.63. The fourth-order valence-corrected chi connectivity index (χ4v) is 2.94. The SMILES string of the molecule is Cc1cc(C)cc(-n2c(=O)c3ccccc3n3cnnc23)c1. The van der Waals surface area contributed by atoms with Crippen LogP contribution in [0.4, 0.5) is 0 Å². The van der Waals surface area contributed by atoms with E-state index >= 15 is 0 Å². The smallest absolute Gasteiger partial charge is 0.267 e. The van der Waals surface area contributed by atoms with Gasteiger partial charge < -0.3 is 0 Å². The fourth-order valence-electron chi connectivity index (χ4n) is 2.94. The monoisotopic (exact) mass is 290 g/mol. The van der Waals surface area contributed by atoms with Crippen molar-refractivity contribution >= 4 is 16.7 Å². The molecule has 2 heterocycles. The van der Waals surface area contributed by atoms with Crippen LogP contribution in [0.5, 0.6) is 0 Å². The Morgan fingerprint density at radius 3 is 2.50 bits per heavy atom. The van der Waals surface area contributed by atoms with Crippen molar-refractivity contribution in [3.63, 3.8) is 0 Å². The van der Waals surface area contributed by atoms with E-state index < -0.39 is 0 Å². The van der Waals surface area contributed by atoms with Crippen molar-refractivity contribution in [2.75, 3.05) is 0 Å². The maximum atomic E-state index is 12.9. The van der Waals surface area contributed by atoms with E-state index in [0.29, 0.717) is 11.2 Å². The number of aromatic nitrogens is 4. The lowest BCUT2D eigenvalue weighted by Gasteiger charge is -2.11. The molecule has 5 nitrogen and oxygen atoms in total. The lowest BCUT2D eigenvalue weighted by atomic mass is 10.1. The molecular formula is C17H14N4O. The summed E-state index contributed by atoms with van der Waals surface area (Å²) in [6, 6.07) is 13.6. The maximum Gasteiger partial charge on any atom is 0.267 e. The normalized spacial score (nSPS) is 11.4. The third-order valence-corrected chi connectivity index (χ3v) is 3.79. The van der Waals surface area contributed by atoms with E-state index in [1.807, 2.05) is 54.6 Å². The molecule has 0 saturated heterocycles. The molecule has 2 aromatic carbocycles. The van der Waals surface area contributed by atoms with Crippen molar-refractivity contribution in [1.29, 1.82) is 0 Å². The molecule has 0 bridgehead atoms. The molecule has 0 fully saturated rings. The molecule has 22 heavy (non-hydrogen) atoms. The Morgan fingerprint density at radius 2 is 1.73 bits per heavy atom. The van der Waals surface area contributed by atoms with Crippen molar-refractivity contribution < 1.29 is 0 Å². The highest BCUT2D eigenvalue weighted by Crippen LogP contribution is 2.17. The molecule has 2 aromatic heterocycles. The zero-order chi connectivity index (χ0) is 15.3. The second kappa shape index (κ2) is 4.53. The third kappa shape index (κ3) is 1.75. The van der Waals surface area contributed by atoms with E-state index in [9.17, 15) is 4.79 Å². The molecule has 0 saturated carbocycles. The summed E-state index contributed by atoms with van der Waals surface area (Å²) in [5.41, 5.74) is 3.75. The maximum absolute atomic E-state index is 12.9. The highest BCUT2D eigenvalue weighted by molar-refractivity contribution is 5.80. The van der Waals surface area contributed by atoms with Crippen LogP contribution in [0.2, 0.25) is 0 Å². The summed E-state index contributed by atoms with van der Waals surface area (Å²) in [5.74, 6) is 0.522. The molecule has 0 unspecified atom stereocenters. The quantitative estimate of drug-likeness (QED) is 0.541. The van der Waals surface area contributed by atoms with Gasteiger partial charge in [0.2, 0.25) is 5.78 Å². The molecule has 4 rings (SSSR count). The molecular weight excluding hydrogens is 276 g/mol. The molecule has 0 aliphatic carbocycles. The van der Waals surface area contributed by atoms with Gasteiger partial charge in [-0.25, -0.2) is 4.57 Å². The average molecular weight is 290 g/mol. The Bertz CT molecular complexity index is 1050. The van der Waals surface area contributed by atoms with Crippen molar-refractivity contribution in [2.45, 2.75) is 13.8 Å². The number of rotatable bonds is 1. The van der Waals surface area contributed by atoms with E-state index in [0.717, 1.165) is 22.3 Å². The summed E-state index contributed by atoms with van der Waals surface area (Å²) < 4.78 is 3.46. The van der Waals surface area contributed by atoms with E-state index in [1.165, 1.54) is 0 Å². The van der Waals surface area contributed by atoms with Crippen LogP contribution >= 0.6 is 0 Å². The van der Waals surface area contributed by atoms with Crippen molar-refractivity contribution in [1.82, 2.24) is 19.2 Å².